The van der Waals surface area contributed by atoms with Gasteiger partial charge in [0.1, 0.15) is 0 Å². The van der Waals surface area contributed by atoms with E-state index in [1.165, 1.54) is 0 Å². The summed E-state index contributed by atoms with van der Waals surface area (Å²) in [6.45, 7) is 1.82. The number of carboxylic acid groups (broad SMARTS) is 1. The fraction of sp³-hybridized carbons (Fsp3) is 0.200. The number of aromatic nitrogens is 3. The second kappa shape index (κ2) is 5.21. The first-order valence-corrected chi connectivity index (χ1v) is 6.52. The fourth-order valence-corrected chi connectivity index (χ4v) is 2.37. The number of nitrogens with zero attached hydrogens (tertiary/aromatic N) is 3. The van der Waals surface area contributed by atoms with Crippen molar-refractivity contribution >= 4 is 16.9 Å². The van der Waals surface area contributed by atoms with Gasteiger partial charge in [-0.3, -0.25) is 0 Å². The molecule has 0 aliphatic heterocycles. The topological polar surface area (TPSA) is 60.0 Å². The molecular weight excluding hydrogens is 254 g/mol. The maximum atomic E-state index is 10.9. The molecule has 2 heterocycles. The van der Waals surface area contributed by atoms with Crippen LogP contribution >= 0.6 is 0 Å². The first kappa shape index (κ1) is 12.5. The van der Waals surface area contributed by atoms with Crippen molar-refractivity contribution in [1.82, 2.24) is 14.1 Å². The van der Waals surface area contributed by atoms with Crippen molar-refractivity contribution in [2.75, 3.05) is 0 Å². The van der Waals surface area contributed by atoms with Crippen LogP contribution in [-0.2, 0) is 13.1 Å². The second-order valence-corrected chi connectivity index (χ2v) is 4.74. The maximum absolute atomic E-state index is 10.9. The number of carboxylic acids is 1. The van der Waals surface area contributed by atoms with Gasteiger partial charge < -0.3 is 14.2 Å². The molecular formula is C15H15N3O2. The summed E-state index contributed by atoms with van der Waals surface area (Å²) in [5.41, 5.74) is 1.40. The molecule has 102 valence electrons. The van der Waals surface area contributed by atoms with Gasteiger partial charge in [0.25, 0.3) is 0 Å². The number of carbonyl (C=O) groups is 1. The van der Waals surface area contributed by atoms with Crippen LogP contribution in [0.4, 0.5) is 0 Å². The van der Waals surface area contributed by atoms with Crippen LogP contribution in [0.25, 0.3) is 10.9 Å². The number of fused-ring (bicyclic) bond motifs is 1. The van der Waals surface area contributed by atoms with E-state index in [2.05, 4.69) is 9.55 Å². The Hall–Kier alpha value is -2.56. The average Bonchev–Trinajstić information content (AvgIpc) is 3.08. The molecule has 1 aromatic carbocycles. The molecule has 0 saturated heterocycles. The highest BCUT2D eigenvalue weighted by Gasteiger charge is 2.06. The van der Waals surface area contributed by atoms with Gasteiger partial charge in [-0.15, -0.1) is 0 Å². The van der Waals surface area contributed by atoms with Crippen molar-refractivity contribution in [3.05, 3.63) is 54.7 Å². The van der Waals surface area contributed by atoms with E-state index in [0.29, 0.717) is 5.56 Å². The molecule has 0 bridgehead atoms. The van der Waals surface area contributed by atoms with E-state index in [1.807, 2.05) is 35.4 Å². The summed E-state index contributed by atoms with van der Waals surface area (Å²) in [5, 5.41) is 9.95. The number of hydrogen-bond acceptors (Lipinski definition) is 2. The van der Waals surface area contributed by atoms with Gasteiger partial charge in [-0.1, -0.05) is 0 Å². The normalized spacial score (nSPS) is 11.0. The SMILES string of the molecule is O=C(O)c1ccc2c(ccn2CCCn2ccnc2)c1. The van der Waals surface area contributed by atoms with Crippen LogP contribution in [0.15, 0.2) is 49.2 Å². The zero-order valence-electron chi connectivity index (χ0n) is 10.9. The Morgan fingerprint density at radius 1 is 1.20 bits per heavy atom. The van der Waals surface area contributed by atoms with Gasteiger partial charge in [0.15, 0.2) is 0 Å². The summed E-state index contributed by atoms with van der Waals surface area (Å²) in [6.07, 6.45) is 8.54. The van der Waals surface area contributed by atoms with Crippen molar-refractivity contribution in [1.29, 1.82) is 0 Å². The summed E-state index contributed by atoms with van der Waals surface area (Å²) >= 11 is 0. The van der Waals surface area contributed by atoms with Gasteiger partial charge >= 0.3 is 5.97 Å². The molecule has 5 heteroatoms. The van der Waals surface area contributed by atoms with Crippen molar-refractivity contribution in [2.45, 2.75) is 19.5 Å². The van der Waals surface area contributed by atoms with Crippen molar-refractivity contribution < 1.29 is 9.90 Å². The minimum absolute atomic E-state index is 0.327. The zero-order valence-corrected chi connectivity index (χ0v) is 10.9. The average molecular weight is 269 g/mol. The molecule has 1 N–H and O–H groups in total. The van der Waals surface area contributed by atoms with Crippen LogP contribution in [0.5, 0.6) is 0 Å². The Kier molecular flexibility index (Phi) is 3.25. The monoisotopic (exact) mass is 269 g/mol. The van der Waals surface area contributed by atoms with E-state index >= 15 is 0 Å². The molecule has 5 nitrogen and oxygen atoms in total. The number of benzene rings is 1. The Morgan fingerprint density at radius 3 is 2.85 bits per heavy atom. The lowest BCUT2D eigenvalue weighted by atomic mass is 10.1. The van der Waals surface area contributed by atoms with E-state index in [-0.39, 0.29) is 0 Å². The number of hydrogen-bond donors (Lipinski definition) is 1. The number of rotatable bonds is 5. The molecule has 0 atom stereocenters. The van der Waals surface area contributed by atoms with E-state index in [9.17, 15) is 4.79 Å². The molecule has 0 fully saturated rings. The maximum Gasteiger partial charge on any atom is 0.335 e. The molecule has 0 spiro atoms. The summed E-state index contributed by atoms with van der Waals surface area (Å²) in [6, 6.07) is 7.19. The Labute approximate surface area is 116 Å². The molecule has 0 unspecified atom stereocenters. The number of aromatic carboxylic acids is 1. The lowest BCUT2D eigenvalue weighted by Gasteiger charge is -2.06. The summed E-state index contributed by atoms with van der Waals surface area (Å²) in [5.74, 6) is -0.889. The zero-order chi connectivity index (χ0) is 13.9. The van der Waals surface area contributed by atoms with Gasteiger partial charge in [0.05, 0.1) is 11.9 Å². The molecule has 3 rings (SSSR count). The third-order valence-corrected chi connectivity index (χ3v) is 3.39. The molecule has 3 aromatic rings. The van der Waals surface area contributed by atoms with E-state index in [1.54, 1.807) is 18.3 Å². The lowest BCUT2D eigenvalue weighted by molar-refractivity contribution is 0.0697. The largest absolute Gasteiger partial charge is 0.478 e. The standard InChI is InChI=1S/C15H15N3O2/c19-15(20)13-2-3-14-12(10-13)4-8-18(14)7-1-6-17-9-5-16-11-17/h2-5,8-11H,1,6-7H2,(H,19,20). The summed E-state index contributed by atoms with van der Waals surface area (Å²) in [7, 11) is 0. The van der Waals surface area contributed by atoms with Gasteiger partial charge in [-0.2, -0.15) is 0 Å². The van der Waals surface area contributed by atoms with Crippen LogP contribution in [-0.4, -0.2) is 25.2 Å². The quantitative estimate of drug-likeness (QED) is 0.774. The van der Waals surface area contributed by atoms with Crippen LogP contribution in [0.1, 0.15) is 16.8 Å². The van der Waals surface area contributed by atoms with Gasteiger partial charge in [-0.05, 0) is 30.7 Å². The van der Waals surface area contributed by atoms with Gasteiger partial charge in [-0.25, -0.2) is 9.78 Å². The van der Waals surface area contributed by atoms with Crippen LogP contribution in [0.3, 0.4) is 0 Å². The Morgan fingerprint density at radius 2 is 2.10 bits per heavy atom. The fourth-order valence-electron chi connectivity index (χ4n) is 2.37. The molecule has 20 heavy (non-hydrogen) atoms. The highest BCUT2D eigenvalue weighted by atomic mass is 16.4. The van der Waals surface area contributed by atoms with E-state index < -0.39 is 5.97 Å². The minimum atomic E-state index is -0.889. The van der Waals surface area contributed by atoms with Crippen LogP contribution in [0.2, 0.25) is 0 Å². The highest BCUT2D eigenvalue weighted by Crippen LogP contribution is 2.18. The van der Waals surface area contributed by atoms with Crippen LogP contribution in [0, 0.1) is 0 Å². The third-order valence-electron chi connectivity index (χ3n) is 3.39. The molecule has 0 amide bonds. The minimum Gasteiger partial charge on any atom is -0.478 e. The van der Waals surface area contributed by atoms with Crippen molar-refractivity contribution in [2.24, 2.45) is 0 Å². The Balaban J connectivity index is 1.73. The molecule has 2 aromatic heterocycles. The van der Waals surface area contributed by atoms with E-state index in [0.717, 1.165) is 30.4 Å². The summed E-state index contributed by atoms with van der Waals surface area (Å²) < 4.78 is 4.20. The van der Waals surface area contributed by atoms with Crippen molar-refractivity contribution in [3.8, 4) is 0 Å². The number of imidazole rings is 1. The lowest BCUT2D eigenvalue weighted by Crippen LogP contribution is -2.02. The molecule has 0 radical (unpaired) electrons. The van der Waals surface area contributed by atoms with E-state index in [4.69, 9.17) is 5.11 Å². The Bertz CT molecular complexity index is 729. The first-order chi connectivity index (χ1) is 9.74. The third kappa shape index (κ3) is 2.42. The van der Waals surface area contributed by atoms with Gasteiger partial charge in [0, 0.05) is 42.6 Å². The van der Waals surface area contributed by atoms with Gasteiger partial charge in [0.2, 0.25) is 0 Å². The predicted octanol–water partition coefficient (Wildman–Crippen LogP) is 2.63. The second-order valence-electron chi connectivity index (χ2n) is 4.74. The molecule has 0 aliphatic carbocycles. The number of aryl methyl sites for hydroxylation is 2. The molecule has 0 saturated carbocycles. The highest BCUT2D eigenvalue weighted by molar-refractivity contribution is 5.93. The smallest absolute Gasteiger partial charge is 0.335 e. The van der Waals surface area contributed by atoms with Crippen LogP contribution < -0.4 is 0 Å². The molecule has 0 aliphatic rings. The summed E-state index contributed by atoms with van der Waals surface area (Å²) in [4.78, 5) is 15.0. The van der Waals surface area contributed by atoms with Crippen molar-refractivity contribution in [3.63, 3.8) is 0 Å². The predicted molar refractivity (Wildman–Crippen MR) is 75.7 cm³/mol. The first-order valence-electron chi connectivity index (χ1n) is 6.52.